The van der Waals surface area contributed by atoms with Gasteiger partial charge in [0.1, 0.15) is 11.3 Å². The summed E-state index contributed by atoms with van der Waals surface area (Å²) >= 11 is 12.3. The molecule has 0 spiro atoms. The molecule has 5 heteroatoms. The number of alkyl halides is 1. The van der Waals surface area contributed by atoms with E-state index in [4.69, 9.17) is 23.2 Å². The topological polar surface area (TPSA) is 30.7 Å². The molecule has 0 amide bonds. The van der Waals surface area contributed by atoms with E-state index in [-0.39, 0.29) is 5.38 Å². The molecule has 1 atom stereocenters. The molecule has 2 heterocycles. The van der Waals surface area contributed by atoms with Crippen LogP contribution in [-0.2, 0) is 0 Å². The predicted octanol–water partition coefficient (Wildman–Crippen LogP) is 4.99. The van der Waals surface area contributed by atoms with Crippen molar-refractivity contribution in [3.05, 3.63) is 52.4 Å². The highest BCUT2D eigenvalue weighted by molar-refractivity contribution is 6.31. The van der Waals surface area contributed by atoms with Gasteiger partial charge in [-0.1, -0.05) is 29.3 Å². The zero-order valence-corrected chi connectivity index (χ0v) is 13.6. The van der Waals surface area contributed by atoms with Crippen molar-refractivity contribution >= 4 is 34.4 Å². The normalized spacial score (nSPS) is 12.8. The van der Waals surface area contributed by atoms with Gasteiger partial charge in [-0.15, -0.1) is 11.6 Å². The molecule has 0 radical (unpaired) electrons. The molecule has 0 bridgehead atoms. The van der Waals surface area contributed by atoms with Crippen LogP contribution in [0.4, 0.5) is 0 Å². The number of pyridine rings is 1. The predicted molar refractivity (Wildman–Crippen MR) is 87.6 cm³/mol. The Morgan fingerprint density at radius 2 is 1.95 bits per heavy atom. The van der Waals surface area contributed by atoms with Gasteiger partial charge in [0.15, 0.2) is 5.65 Å². The van der Waals surface area contributed by atoms with Crippen molar-refractivity contribution in [2.24, 2.45) is 0 Å². The van der Waals surface area contributed by atoms with Crippen molar-refractivity contribution in [2.75, 3.05) is 0 Å². The van der Waals surface area contributed by atoms with Crippen LogP contribution >= 0.6 is 23.2 Å². The Labute approximate surface area is 133 Å². The molecule has 2 aromatic heterocycles. The SMILES string of the molecule is Cc1ccc(-n2c(C(C)Cl)nc3cc(Cl)cnc32)c(C)c1. The molecule has 0 aliphatic heterocycles. The minimum atomic E-state index is -0.223. The van der Waals surface area contributed by atoms with Crippen LogP contribution in [0.15, 0.2) is 30.5 Å². The summed E-state index contributed by atoms with van der Waals surface area (Å²) in [4.78, 5) is 9.03. The van der Waals surface area contributed by atoms with Gasteiger partial charge in [0.05, 0.1) is 16.1 Å². The van der Waals surface area contributed by atoms with E-state index >= 15 is 0 Å². The quantitative estimate of drug-likeness (QED) is 0.623. The van der Waals surface area contributed by atoms with E-state index in [0.717, 1.165) is 28.2 Å². The summed E-state index contributed by atoms with van der Waals surface area (Å²) in [5.41, 5.74) is 4.95. The molecule has 0 N–H and O–H groups in total. The third-order valence-electron chi connectivity index (χ3n) is 3.44. The minimum absolute atomic E-state index is 0.223. The fourth-order valence-corrected chi connectivity index (χ4v) is 2.82. The van der Waals surface area contributed by atoms with Crippen LogP contribution in [0.5, 0.6) is 0 Å². The lowest BCUT2D eigenvalue weighted by Gasteiger charge is -2.13. The standard InChI is InChI=1S/C16H15Cl2N3/c1-9-4-5-14(10(2)6-9)21-15(11(3)17)20-13-7-12(18)8-19-16(13)21/h4-8,11H,1-3H3. The Balaban J connectivity index is 2.36. The fraction of sp³-hybridized carbons (Fsp3) is 0.250. The van der Waals surface area contributed by atoms with Crippen LogP contribution in [0.2, 0.25) is 5.02 Å². The van der Waals surface area contributed by atoms with E-state index in [9.17, 15) is 0 Å². The molecule has 1 aromatic carbocycles. The summed E-state index contributed by atoms with van der Waals surface area (Å²) in [5, 5.41) is 0.347. The Morgan fingerprint density at radius 1 is 1.19 bits per heavy atom. The lowest BCUT2D eigenvalue weighted by Crippen LogP contribution is -2.04. The Morgan fingerprint density at radius 3 is 2.62 bits per heavy atom. The first-order chi connectivity index (χ1) is 9.97. The molecular formula is C16H15Cl2N3. The summed E-state index contributed by atoms with van der Waals surface area (Å²) in [5.74, 6) is 0.772. The lowest BCUT2D eigenvalue weighted by atomic mass is 10.1. The summed E-state index contributed by atoms with van der Waals surface area (Å²) in [6, 6.07) is 8.10. The molecule has 1 unspecified atom stereocenters. The van der Waals surface area contributed by atoms with Gasteiger partial charge in [-0.2, -0.15) is 0 Å². The zero-order valence-electron chi connectivity index (χ0n) is 12.1. The first-order valence-corrected chi connectivity index (χ1v) is 7.54. The van der Waals surface area contributed by atoms with Crippen molar-refractivity contribution in [1.29, 1.82) is 0 Å². The van der Waals surface area contributed by atoms with Crippen molar-refractivity contribution < 1.29 is 0 Å². The smallest absolute Gasteiger partial charge is 0.164 e. The van der Waals surface area contributed by atoms with Crippen LogP contribution in [-0.4, -0.2) is 14.5 Å². The monoisotopic (exact) mass is 319 g/mol. The summed E-state index contributed by atoms with van der Waals surface area (Å²) in [6.07, 6.45) is 1.63. The Kier molecular flexibility index (Phi) is 3.64. The van der Waals surface area contributed by atoms with Crippen LogP contribution in [0.3, 0.4) is 0 Å². The minimum Gasteiger partial charge on any atom is -0.279 e. The number of nitrogens with zero attached hydrogens (tertiary/aromatic N) is 3. The highest BCUT2D eigenvalue weighted by Crippen LogP contribution is 2.29. The van der Waals surface area contributed by atoms with E-state index in [0.29, 0.717) is 5.02 Å². The number of benzene rings is 1. The van der Waals surface area contributed by atoms with Gasteiger partial charge in [0.2, 0.25) is 0 Å². The van der Waals surface area contributed by atoms with Crippen molar-refractivity contribution in [1.82, 2.24) is 14.5 Å². The van der Waals surface area contributed by atoms with Crippen LogP contribution in [0.25, 0.3) is 16.9 Å². The number of imidazole rings is 1. The first-order valence-electron chi connectivity index (χ1n) is 6.73. The van der Waals surface area contributed by atoms with Gasteiger partial charge in [-0.05, 0) is 38.5 Å². The molecule has 108 valence electrons. The van der Waals surface area contributed by atoms with Crippen LogP contribution in [0, 0.1) is 13.8 Å². The maximum Gasteiger partial charge on any atom is 0.164 e. The third kappa shape index (κ3) is 2.52. The molecule has 3 rings (SSSR count). The molecular weight excluding hydrogens is 305 g/mol. The second kappa shape index (κ2) is 5.32. The molecule has 0 aliphatic rings. The number of halogens is 2. The summed E-state index contributed by atoms with van der Waals surface area (Å²) in [6.45, 7) is 6.06. The van der Waals surface area contributed by atoms with Gasteiger partial charge in [0, 0.05) is 6.20 Å². The van der Waals surface area contributed by atoms with E-state index in [2.05, 4.69) is 42.0 Å². The molecule has 0 saturated heterocycles. The average Bonchev–Trinajstić information content (AvgIpc) is 2.77. The lowest BCUT2D eigenvalue weighted by molar-refractivity contribution is 0.872. The van der Waals surface area contributed by atoms with Crippen LogP contribution < -0.4 is 0 Å². The maximum atomic E-state index is 6.31. The van der Waals surface area contributed by atoms with Gasteiger partial charge in [-0.25, -0.2) is 9.97 Å². The van der Waals surface area contributed by atoms with Crippen LogP contribution in [0.1, 0.15) is 29.3 Å². The number of fused-ring (bicyclic) bond motifs is 1. The molecule has 0 saturated carbocycles. The molecule has 21 heavy (non-hydrogen) atoms. The Hall–Kier alpha value is -1.58. The van der Waals surface area contributed by atoms with E-state index < -0.39 is 0 Å². The van der Waals surface area contributed by atoms with Gasteiger partial charge in [0.25, 0.3) is 0 Å². The molecule has 3 nitrogen and oxygen atoms in total. The fourth-order valence-electron chi connectivity index (χ4n) is 2.52. The second-order valence-electron chi connectivity index (χ2n) is 5.21. The number of rotatable bonds is 2. The van der Waals surface area contributed by atoms with E-state index in [1.807, 2.05) is 17.6 Å². The van der Waals surface area contributed by atoms with Gasteiger partial charge >= 0.3 is 0 Å². The molecule has 0 fully saturated rings. The van der Waals surface area contributed by atoms with Crippen molar-refractivity contribution in [3.8, 4) is 5.69 Å². The van der Waals surface area contributed by atoms with E-state index in [1.165, 1.54) is 5.56 Å². The highest BCUT2D eigenvalue weighted by atomic mass is 35.5. The molecule has 0 aliphatic carbocycles. The molecule has 3 aromatic rings. The Bertz CT molecular complexity index is 822. The number of aryl methyl sites for hydroxylation is 2. The number of hydrogen-bond acceptors (Lipinski definition) is 2. The number of hydrogen-bond donors (Lipinski definition) is 0. The number of aromatic nitrogens is 3. The van der Waals surface area contributed by atoms with E-state index in [1.54, 1.807) is 6.20 Å². The highest BCUT2D eigenvalue weighted by Gasteiger charge is 2.18. The second-order valence-corrected chi connectivity index (χ2v) is 6.30. The zero-order chi connectivity index (χ0) is 15.1. The largest absolute Gasteiger partial charge is 0.279 e. The summed E-state index contributed by atoms with van der Waals surface area (Å²) in [7, 11) is 0. The van der Waals surface area contributed by atoms with Crippen molar-refractivity contribution in [3.63, 3.8) is 0 Å². The van der Waals surface area contributed by atoms with Gasteiger partial charge < -0.3 is 0 Å². The van der Waals surface area contributed by atoms with Gasteiger partial charge in [-0.3, -0.25) is 4.57 Å². The average molecular weight is 320 g/mol. The van der Waals surface area contributed by atoms with Crippen molar-refractivity contribution in [2.45, 2.75) is 26.1 Å². The maximum absolute atomic E-state index is 6.31. The first kappa shape index (κ1) is 14.4. The third-order valence-corrected chi connectivity index (χ3v) is 3.84. The summed E-state index contributed by atoms with van der Waals surface area (Å²) < 4.78 is 2.01.